The lowest BCUT2D eigenvalue weighted by Crippen LogP contribution is -2.20. The molecule has 3 N–H and O–H groups in total. The molecular weight excluding hydrogens is 493 g/mol. The van der Waals surface area contributed by atoms with E-state index < -0.39 is 0 Å². The molecule has 1 fully saturated rings. The molecule has 1 saturated carbocycles. The number of H-pyrrole nitrogens is 2. The van der Waals surface area contributed by atoms with Crippen molar-refractivity contribution in [2.45, 2.75) is 25.7 Å². The fourth-order valence-electron chi connectivity index (χ4n) is 5.34. The minimum atomic E-state index is -0.302. The van der Waals surface area contributed by atoms with Crippen molar-refractivity contribution >= 4 is 33.5 Å². The summed E-state index contributed by atoms with van der Waals surface area (Å²) in [4.78, 5) is 29.7. The van der Waals surface area contributed by atoms with Gasteiger partial charge in [0.05, 0.1) is 28.6 Å². The van der Waals surface area contributed by atoms with Crippen LogP contribution in [0.3, 0.4) is 0 Å². The molecule has 6 aromatic rings. The number of aromatic nitrogens is 6. The van der Waals surface area contributed by atoms with Gasteiger partial charge in [0.25, 0.3) is 0 Å². The maximum absolute atomic E-state index is 13.5. The first kappa shape index (κ1) is 23.2. The van der Waals surface area contributed by atoms with Gasteiger partial charge in [0.1, 0.15) is 17.0 Å². The number of imidazole rings is 1. The van der Waals surface area contributed by atoms with Gasteiger partial charge in [0.15, 0.2) is 5.82 Å². The molecule has 7 rings (SSSR count). The van der Waals surface area contributed by atoms with Gasteiger partial charge in [-0.15, -0.1) is 0 Å². The van der Waals surface area contributed by atoms with Gasteiger partial charge in [-0.05, 0) is 66.9 Å². The molecule has 0 bridgehead atoms. The Morgan fingerprint density at radius 1 is 0.897 bits per heavy atom. The summed E-state index contributed by atoms with van der Waals surface area (Å²) in [6, 6.07) is 16.0. The lowest BCUT2D eigenvalue weighted by atomic mass is 10.0. The molecule has 4 aromatic heterocycles. The van der Waals surface area contributed by atoms with Gasteiger partial charge in [0.2, 0.25) is 5.91 Å². The van der Waals surface area contributed by atoms with Crippen molar-refractivity contribution < 1.29 is 9.18 Å². The monoisotopic (exact) mass is 517 g/mol. The van der Waals surface area contributed by atoms with Crippen molar-refractivity contribution in [1.29, 1.82) is 0 Å². The van der Waals surface area contributed by atoms with Crippen LogP contribution in [-0.4, -0.2) is 36.0 Å². The molecular formula is C30H24FN7O. The van der Waals surface area contributed by atoms with E-state index in [1.54, 1.807) is 30.7 Å². The van der Waals surface area contributed by atoms with E-state index in [-0.39, 0.29) is 17.6 Å². The second-order valence-electron chi connectivity index (χ2n) is 9.91. The van der Waals surface area contributed by atoms with Crippen molar-refractivity contribution in [3.63, 3.8) is 0 Å². The van der Waals surface area contributed by atoms with Gasteiger partial charge >= 0.3 is 0 Å². The number of carbonyl (C=O) groups excluding carboxylic acids is 1. The molecule has 0 atom stereocenters. The number of anilines is 1. The molecule has 1 amide bonds. The molecule has 4 heterocycles. The van der Waals surface area contributed by atoms with Crippen LogP contribution in [0, 0.1) is 11.7 Å². The van der Waals surface area contributed by atoms with Crippen molar-refractivity contribution in [1.82, 2.24) is 30.1 Å². The zero-order valence-electron chi connectivity index (χ0n) is 20.9. The lowest BCUT2D eigenvalue weighted by molar-refractivity contribution is -0.119. The highest BCUT2D eigenvalue weighted by Gasteiger charge is 2.23. The van der Waals surface area contributed by atoms with Gasteiger partial charge in [-0.1, -0.05) is 18.9 Å². The highest BCUT2D eigenvalue weighted by atomic mass is 19.1. The first-order chi connectivity index (χ1) is 19.1. The highest BCUT2D eigenvalue weighted by Crippen LogP contribution is 2.33. The first-order valence-electron chi connectivity index (χ1n) is 13.0. The van der Waals surface area contributed by atoms with Crippen LogP contribution in [0.15, 0.2) is 73.2 Å². The second-order valence-corrected chi connectivity index (χ2v) is 9.91. The summed E-state index contributed by atoms with van der Waals surface area (Å²) in [6.45, 7) is 0. The molecule has 8 nitrogen and oxygen atoms in total. The Morgan fingerprint density at radius 2 is 1.72 bits per heavy atom. The third kappa shape index (κ3) is 4.31. The van der Waals surface area contributed by atoms with Crippen LogP contribution >= 0.6 is 0 Å². The summed E-state index contributed by atoms with van der Waals surface area (Å²) in [6.07, 6.45) is 9.28. The van der Waals surface area contributed by atoms with E-state index in [0.29, 0.717) is 28.4 Å². The number of nitrogens with zero attached hydrogens (tertiary/aromatic N) is 4. The van der Waals surface area contributed by atoms with Crippen LogP contribution in [0.2, 0.25) is 0 Å². The lowest BCUT2D eigenvalue weighted by Gasteiger charge is -2.11. The van der Waals surface area contributed by atoms with Crippen LogP contribution in [0.25, 0.3) is 55.8 Å². The number of halogens is 1. The summed E-state index contributed by atoms with van der Waals surface area (Å²) in [5, 5.41) is 11.6. The number of aromatic amines is 2. The maximum atomic E-state index is 13.5. The molecule has 0 saturated heterocycles. The number of fused-ring (bicyclic) bond motifs is 2. The van der Waals surface area contributed by atoms with E-state index in [0.717, 1.165) is 58.8 Å². The third-order valence-corrected chi connectivity index (χ3v) is 7.37. The summed E-state index contributed by atoms with van der Waals surface area (Å²) in [5.41, 5.74) is 6.99. The van der Waals surface area contributed by atoms with Gasteiger partial charge in [-0.3, -0.25) is 19.9 Å². The Bertz CT molecular complexity index is 1830. The Kier molecular flexibility index (Phi) is 5.61. The summed E-state index contributed by atoms with van der Waals surface area (Å²) in [5.74, 6) is 0.448. The minimum absolute atomic E-state index is 0.0680. The van der Waals surface area contributed by atoms with Crippen molar-refractivity contribution in [3.05, 3.63) is 79.0 Å². The normalized spacial score (nSPS) is 13.9. The SMILES string of the molecule is O=C(Nc1cncc(-c2ccc3[nH]nc(-c4nc5c(-c6ccc(F)cc6)nccc5[nH]4)c3c2)c1)C1CCCC1. The molecule has 0 spiro atoms. The number of benzene rings is 2. The van der Waals surface area contributed by atoms with Crippen LogP contribution < -0.4 is 5.32 Å². The van der Waals surface area contributed by atoms with E-state index in [4.69, 9.17) is 4.98 Å². The Balaban J connectivity index is 1.24. The number of rotatable bonds is 5. The molecule has 39 heavy (non-hydrogen) atoms. The van der Waals surface area contributed by atoms with Crippen molar-refractivity contribution in [3.8, 4) is 33.9 Å². The average Bonchev–Trinajstić information content (AvgIpc) is 3.73. The quantitative estimate of drug-likeness (QED) is 0.242. The predicted molar refractivity (Wildman–Crippen MR) is 148 cm³/mol. The van der Waals surface area contributed by atoms with E-state index in [1.165, 1.54) is 12.1 Å². The van der Waals surface area contributed by atoms with E-state index in [9.17, 15) is 9.18 Å². The van der Waals surface area contributed by atoms with E-state index in [1.807, 2.05) is 30.3 Å². The fraction of sp³-hybridized carbons (Fsp3) is 0.167. The van der Waals surface area contributed by atoms with Crippen LogP contribution in [-0.2, 0) is 4.79 Å². The molecule has 9 heteroatoms. The fourth-order valence-corrected chi connectivity index (χ4v) is 5.34. The van der Waals surface area contributed by atoms with Gasteiger partial charge in [-0.25, -0.2) is 9.37 Å². The largest absolute Gasteiger partial charge is 0.336 e. The standard InChI is InChI=1S/C30H24FN7O/c31-21-8-5-17(6-9-21)26-28-25(11-12-33-26)35-29(36-28)27-23-14-19(7-10-24(23)37-38-27)20-13-22(16-32-15-20)34-30(39)18-3-1-2-4-18/h5-16,18H,1-4H2,(H,34,39)(H,35,36)(H,37,38). The van der Waals surface area contributed by atoms with Crippen LogP contribution in [0.4, 0.5) is 10.1 Å². The zero-order chi connectivity index (χ0) is 26.3. The molecule has 192 valence electrons. The second kappa shape index (κ2) is 9.43. The highest BCUT2D eigenvalue weighted by molar-refractivity contribution is 5.98. The summed E-state index contributed by atoms with van der Waals surface area (Å²) < 4.78 is 13.5. The molecule has 0 aliphatic heterocycles. The smallest absolute Gasteiger partial charge is 0.227 e. The first-order valence-corrected chi connectivity index (χ1v) is 13.0. The number of hydrogen-bond donors (Lipinski definition) is 3. The third-order valence-electron chi connectivity index (χ3n) is 7.37. The molecule has 2 aromatic carbocycles. The van der Waals surface area contributed by atoms with Crippen molar-refractivity contribution in [2.75, 3.05) is 5.32 Å². The van der Waals surface area contributed by atoms with E-state index in [2.05, 4.69) is 30.5 Å². The number of amides is 1. The minimum Gasteiger partial charge on any atom is -0.336 e. The predicted octanol–water partition coefficient (Wildman–Crippen LogP) is 6.50. The van der Waals surface area contributed by atoms with Crippen LogP contribution in [0.5, 0.6) is 0 Å². The number of hydrogen-bond acceptors (Lipinski definition) is 5. The Labute approximate surface area is 222 Å². The van der Waals surface area contributed by atoms with Gasteiger partial charge in [0, 0.05) is 34.8 Å². The molecule has 1 aliphatic carbocycles. The summed E-state index contributed by atoms with van der Waals surface area (Å²) >= 11 is 0. The van der Waals surface area contributed by atoms with E-state index >= 15 is 0 Å². The van der Waals surface area contributed by atoms with Crippen molar-refractivity contribution in [2.24, 2.45) is 5.92 Å². The molecule has 0 radical (unpaired) electrons. The Hall–Kier alpha value is -4.92. The number of pyridine rings is 2. The molecule has 1 aliphatic rings. The zero-order valence-corrected chi connectivity index (χ0v) is 20.9. The van der Waals surface area contributed by atoms with Crippen LogP contribution in [0.1, 0.15) is 25.7 Å². The maximum Gasteiger partial charge on any atom is 0.227 e. The number of nitrogens with one attached hydrogen (secondary N) is 3. The average molecular weight is 518 g/mol. The molecule has 0 unspecified atom stereocenters. The number of carbonyl (C=O) groups is 1. The van der Waals surface area contributed by atoms with Gasteiger partial charge < -0.3 is 10.3 Å². The topological polar surface area (TPSA) is 112 Å². The Morgan fingerprint density at radius 3 is 2.56 bits per heavy atom. The summed E-state index contributed by atoms with van der Waals surface area (Å²) in [7, 11) is 0. The van der Waals surface area contributed by atoms with Gasteiger partial charge in [-0.2, -0.15) is 5.10 Å².